The van der Waals surface area contributed by atoms with E-state index in [2.05, 4.69) is 39.9 Å². The Labute approximate surface area is 192 Å². The van der Waals surface area contributed by atoms with E-state index in [1.54, 1.807) is 12.1 Å². The summed E-state index contributed by atoms with van der Waals surface area (Å²) >= 11 is 5.90. The molecule has 0 fully saturated rings. The van der Waals surface area contributed by atoms with Crippen LogP contribution in [0.4, 0.5) is 11.5 Å². The lowest BCUT2D eigenvalue weighted by molar-refractivity contribution is 0.0954. The van der Waals surface area contributed by atoms with Gasteiger partial charge in [-0.2, -0.15) is 0 Å². The number of benzene rings is 3. The zero-order valence-corrected chi connectivity index (χ0v) is 18.4. The van der Waals surface area contributed by atoms with E-state index in [1.807, 2.05) is 60.7 Å². The van der Waals surface area contributed by atoms with Crippen LogP contribution in [0.15, 0.2) is 84.9 Å². The number of carbonyl (C=O) groups is 1. The molecule has 4 aromatic rings. The van der Waals surface area contributed by atoms with Gasteiger partial charge in [-0.15, -0.1) is 10.2 Å². The number of anilines is 2. The highest BCUT2D eigenvalue weighted by Crippen LogP contribution is 2.20. The van der Waals surface area contributed by atoms with Gasteiger partial charge in [-0.25, -0.2) is 0 Å². The van der Waals surface area contributed by atoms with Crippen LogP contribution in [-0.4, -0.2) is 22.6 Å². The van der Waals surface area contributed by atoms with Gasteiger partial charge in [0, 0.05) is 28.4 Å². The summed E-state index contributed by atoms with van der Waals surface area (Å²) < 4.78 is 0. The molecule has 3 aromatic carbocycles. The molecule has 0 radical (unpaired) electrons. The van der Waals surface area contributed by atoms with Crippen LogP contribution in [-0.2, 0) is 6.42 Å². The van der Waals surface area contributed by atoms with Crippen molar-refractivity contribution in [2.75, 3.05) is 11.9 Å². The third-order valence-electron chi connectivity index (χ3n) is 5.01. The average Bonchev–Trinajstić information content (AvgIpc) is 2.81. The molecule has 0 bridgehead atoms. The van der Waals surface area contributed by atoms with E-state index in [-0.39, 0.29) is 5.91 Å². The van der Waals surface area contributed by atoms with Gasteiger partial charge in [0.1, 0.15) is 0 Å². The van der Waals surface area contributed by atoms with Crippen molar-refractivity contribution < 1.29 is 4.79 Å². The van der Waals surface area contributed by atoms with Crippen molar-refractivity contribution in [3.05, 3.63) is 107 Å². The molecular weight excluding hydrogens is 420 g/mol. The summed E-state index contributed by atoms with van der Waals surface area (Å²) in [6, 6.07) is 26.9. The topological polar surface area (TPSA) is 66.9 Å². The summed E-state index contributed by atoms with van der Waals surface area (Å²) in [6.45, 7) is 2.61. The van der Waals surface area contributed by atoms with Gasteiger partial charge < -0.3 is 10.6 Å². The summed E-state index contributed by atoms with van der Waals surface area (Å²) in [7, 11) is 0. The molecule has 0 unspecified atom stereocenters. The molecule has 6 heteroatoms. The number of rotatable bonds is 7. The third-order valence-corrected chi connectivity index (χ3v) is 5.26. The molecule has 1 aromatic heterocycles. The number of hydrogen-bond donors (Lipinski definition) is 2. The number of aryl methyl sites for hydroxylation is 1. The molecule has 160 valence electrons. The van der Waals surface area contributed by atoms with E-state index in [1.165, 1.54) is 5.56 Å². The lowest BCUT2D eigenvalue weighted by atomic mass is 10.1. The average molecular weight is 443 g/mol. The van der Waals surface area contributed by atoms with E-state index in [4.69, 9.17) is 11.6 Å². The van der Waals surface area contributed by atoms with E-state index < -0.39 is 0 Å². The van der Waals surface area contributed by atoms with Crippen LogP contribution in [0.2, 0.25) is 5.02 Å². The first-order valence-corrected chi connectivity index (χ1v) is 10.8. The number of aromatic nitrogens is 2. The van der Waals surface area contributed by atoms with Gasteiger partial charge in [-0.05, 0) is 73.5 Å². The van der Waals surface area contributed by atoms with Crippen LogP contribution in [0.25, 0.3) is 11.3 Å². The number of carbonyl (C=O) groups excluding carboxylic acids is 1. The molecule has 32 heavy (non-hydrogen) atoms. The molecule has 0 atom stereocenters. The molecule has 1 heterocycles. The standard InChI is InChI=1S/C26H23ClN4O/c1-18-3-2-4-21(17-18)24-13-14-25(31-30-24)29-23-11-7-20(8-12-23)26(32)28-16-15-19-5-9-22(27)10-6-19/h2-14,17H,15-16H2,1H3,(H,28,32)(H,29,31). The Morgan fingerprint density at radius 1 is 0.906 bits per heavy atom. The minimum atomic E-state index is -0.104. The Hall–Kier alpha value is -3.70. The molecule has 2 N–H and O–H groups in total. The summed E-state index contributed by atoms with van der Waals surface area (Å²) in [5, 5.41) is 15.4. The summed E-state index contributed by atoms with van der Waals surface area (Å²) in [4.78, 5) is 12.4. The summed E-state index contributed by atoms with van der Waals surface area (Å²) in [5.74, 6) is 0.536. The lowest BCUT2D eigenvalue weighted by Gasteiger charge is -2.08. The minimum Gasteiger partial charge on any atom is -0.352 e. The first-order valence-electron chi connectivity index (χ1n) is 10.4. The Kier molecular flexibility index (Phi) is 6.78. The van der Waals surface area contributed by atoms with Crippen molar-refractivity contribution >= 4 is 29.0 Å². The molecule has 1 amide bonds. The Morgan fingerprint density at radius 3 is 2.38 bits per heavy atom. The number of amides is 1. The molecule has 5 nitrogen and oxygen atoms in total. The molecule has 0 saturated carbocycles. The van der Waals surface area contributed by atoms with E-state index in [9.17, 15) is 4.79 Å². The van der Waals surface area contributed by atoms with Crippen molar-refractivity contribution in [2.24, 2.45) is 0 Å². The maximum absolute atomic E-state index is 12.4. The van der Waals surface area contributed by atoms with E-state index in [0.29, 0.717) is 22.9 Å². The predicted molar refractivity (Wildman–Crippen MR) is 129 cm³/mol. The van der Waals surface area contributed by atoms with E-state index in [0.717, 1.165) is 28.9 Å². The van der Waals surface area contributed by atoms with E-state index >= 15 is 0 Å². The Morgan fingerprint density at radius 2 is 1.69 bits per heavy atom. The largest absolute Gasteiger partial charge is 0.352 e. The van der Waals surface area contributed by atoms with Gasteiger partial charge in [0.15, 0.2) is 5.82 Å². The SMILES string of the molecule is Cc1cccc(-c2ccc(Nc3ccc(C(=O)NCCc4ccc(Cl)cc4)cc3)nn2)c1. The van der Waals surface area contributed by atoms with Crippen LogP contribution in [0.3, 0.4) is 0 Å². The molecule has 4 rings (SSSR count). The van der Waals surface area contributed by atoms with Crippen LogP contribution >= 0.6 is 11.6 Å². The number of nitrogens with one attached hydrogen (secondary N) is 2. The van der Waals surface area contributed by atoms with Crippen LogP contribution < -0.4 is 10.6 Å². The fourth-order valence-corrected chi connectivity index (χ4v) is 3.41. The first-order chi connectivity index (χ1) is 15.6. The molecule has 0 saturated heterocycles. The highest BCUT2D eigenvalue weighted by molar-refractivity contribution is 6.30. The maximum Gasteiger partial charge on any atom is 0.251 e. The van der Waals surface area contributed by atoms with Crippen LogP contribution in [0, 0.1) is 6.92 Å². The molecular formula is C26H23ClN4O. The normalized spacial score (nSPS) is 10.6. The van der Waals surface area contributed by atoms with Gasteiger partial charge in [0.2, 0.25) is 0 Å². The highest BCUT2D eigenvalue weighted by atomic mass is 35.5. The third kappa shape index (κ3) is 5.71. The van der Waals surface area contributed by atoms with Crippen molar-refractivity contribution in [1.82, 2.24) is 15.5 Å². The maximum atomic E-state index is 12.4. The molecule has 0 aliphatic carbocycles. The summed E-state index contributed by atoms with van der Waals surface area (Å²) in [6.07, 6.45) is 0.750. The van der Waals surface area contributed by atoms with Crippen molar-refractivity contribution in [1.29, 1.82) is 0 Å². The second kappa shape index (κ2) is 10.1. The van der Waals surface area contributed by atoms with Gasteiger partial charge in [-0.1, -0.05) is 47.5 Å². The highest BCUT2D eigenvalue weighted by Gasteiger charge is 2.06. The zero-order chi connectivity index (χ0) is 22.3. The van der Waals surface area contributed by atoms with Gasteiger partial charge >= 0.3 is 0 Å². The molecule has 0 aliphatic rings. The predicted octanol–water partition coefficient (Wildman–Crippen LogP) is 5.82. The van der Waals surface area contributed by atoms with Crippen LogP contribution in [0.1, 0.15) is 21.5 Å². The van der Waals surface area contributed by atoms with Crippen LogP contribution in [0.5, 0.6) is 0 Å². The molecule has 0 aliphatic heterocycles. The fourth-order valence-electron chi connectivity index (χ4n) is 3.28. The second-order valence-electron chi connectivity index (χ2n) is 7.51. The molecule has 0 spiro atoms. The number of hydrogen-bond acceptors (Lipinski definition) is 4. The smallest absolute Gasteiger partial charge is 0.251 e. The zero-order valence-electron chi connectivity index (χ0n) is 17.7. The lowest BCUT2D eigenvalue weighted by Crippen LogP contribution is -2.25. The Balaban J connectivity index is 1.31. The number of nitrogens with zero attached hydrogens (tertiary/aromatic N) is 2. The Bertz CT molecular complexity index is 1190. The monoisotopic (exact) mass is 442 g/mol. The second-order valence-corrected chi connectivity index (χ2v) is 7.94. The minimum absolute atomic E-state index is 0.104. The fraction of sp³-hybridized carbons (Fsp3) is 0.115. The van der Waals surface area contributed by atoms with Gasteiger partial charge in [0.25, 0.3) is 5.91 Å². The quantitative estimate of drug-likeness (QED) is 0.378. The van der Waals surface area contributed by atoms with Gasteiger partial charge in [0.05, 0.1) is 5.69 Å². The van der Waals surface area contributed by atoms with Gasteiger partial charge in [-0.3, -0.25) is 4.79 Å². The van der Waals surface area contributed by atoms with Crippen molar-refractivity contribution in [3.63, 3.8) is 0 Å². The van der Waals surface area contributed by atoms with Crippen molar-refractivity contribution in [2.45, 2.75) is 13.3 Å². The summed E-state index contributed by atoms with van der Waals surface area (Å²) in [5.41, 5.74) is 5.61. The number of halogens is 1. The van der Waals surface area contributed by atoms with Crippen molar-refractivity contribution in [3.8, 4) is 11.3 Å². The first kappa shape index (κ1) is 21.5.